The van der Waals surface area contributed by atoms with Gasteiger partial charge in [-0.1, -0.05) is 41.2 Å². The minimum atomic E-state index is -0.811. The van der Waals surface area contributed by atoms with E-state index >= 15 is 0 Å². The fourth-order valence-corrected chi connectivity index (χ4v) is 5.63. The minimum absolute atomic E-state index is 0.0572. The van der Waals surface area contributed by atoms with E-state index in [9.17, 15) is 14.7 Å². The Morgan fingerprint density at radius 3 is 2.51 bits per heavy atom. The molecule has 1 saturated heterocycles. The third kappa shape index (κ3) is 4.10. The molecule has 1 aliphatic rings. The maximum atomic E-state index is 13.4. The summed E-state index contributed by atoms with van der Waals surface area (Å²) in [6.07, 6.45) is 0. The topological polar surface area (TPSA) is 79.7 Å². The Hall–Kier alpha value is -3.24. The second-order valence-electron chi connectivity index (χ2n) is 8.37. The highest BCUT2D eigenvalue weighted by molar-refractivity contribution is 14.1. The number of aryl methyl sites for hydroxylation is 2. The van der Waals surface area contributed by atoms with E-state index in [1.165, 1.54) is 16.2 Å². The van der Waals surface area contributed by atoms with Crippen LogP contribution in [0.25, 0.3) is 16.0 Å². The van der Waals surface area contributed by atoms with Crippen LogP contribution in [0.4, 0.5) is 5.13 Å². The summed E-state index contributed by atoms with van der Waals surface area (Å²) in [5.74, 6) is -0.951. The van der Waals surface area contributed by atoms with Gasteiger partial charge in [-0.25, -0.2) is 4.98 Å². The van der Waals surface area contributed by atoms with Crippen LogP contribution in [0, 0.1) is 17.4 Å². The van der Waals surface area contributed by atoms with Crippen molar-refractivity contribution < 1.29 is 19.4 Å². The van der Waals surface area contributed by atoms with Gasteiger partial charge >= 0.3 is 5.91 Å². The molecule has 4 aromatic rings. The lowest BCUT2D eigenvalue weighted by Crippen LogP contribution is -2.29. The predicted molar refractivity (Wildman–Crippen MR) is 146 cm³/mol. The summed E-state index contributed by atoms with van der Waals surface area (Å²) >= 11 is 3.51. The molecule has 2 heterocycles. The van der Waals surface area contributed by atoms with Crippen LogP contribution >= 0.6 is 33.9 Å². The lowest BCUT2D eigenvalue weighted by atomic mass is 9.93. The monoisotopic (exact) mass is 596 g/mol. The summed E-state index contributed by atoms with van der Waals surface area (Å²) in [7, 11) is 1.59. The highest BCUT2D eigenvalue weighted by atomic mass is 127. The van der Waals surface area contributed by atoms with Gasteiger partial charge in [-0.3, -0.25) is 14.5 Å². The van der Waals surface area contributed by atoms with Crippen LogP contribution in [0.2, 0.25) is 0 Å². The van der Waals surface area contributed by atoms with E-state index in [0.29, 0.717) is 27.5 Å². The number of ketones is 1. The van der Waals surface area contributed by atoms with Crippen molar-refractivity contribution in [3.8, 4) is 5.75 Å². The van der Waals surface area contributed by atoms with Crippen LogP contribution in [-0.2, 0) is 9.59 Å². The van der Waals surface area contributed by atoms with E-state index in [0.717, 1.165) is 19.4 Å². The normalized spacial score (nSPS) is 17.4. The van der Waals surface area contributed by atoms with Gasteiger partial charge in [-0.05, 0) is 84.0 Å². The molecule has 1 amide bonds. The van der Waals surface area contributed by atoms with Crippen LogP contribution in [0.15, 0.2) is 66.2 Å². The molecule has 3 aromatic carbocycles. The number of aliphatic hydroxyl groups is 1. The summed E-state index contributed by atoms with van der Waals surface area (Å²) in [6.45, 7) is 3.78. The zero-order chi connectivity index (χ0) is 24.9. The molecule has 1 N–H and O–H groups in total. The largest absolute Gasteiger partial charge is 0.507 e. The second kappa shape index (κ2) is 9.09. The average molecular weight is 596 g/mol. The Balaban J connectivity index is 1.74. The summed E-state index contributed by atoms with van der Waals surface area (Å²) in [5.41, 5.74) is 3.76. The molecule has 6 nitrogen and oxygen atoms in total. The molecule has 0 bridgehead atoms. The summed E-state index contributed by atoms with van der Waals surface area (Å²) < 4.78 is 7.17. The second-order valence-corrected chi connectivity index (χ2v) is 10.6. The van der Waals surface area contributed by atoms with Crippen LogP contribution in [0.1, 0.15) is 28.3 Å². The quantitative estimate of drug-likeness (QED) is 0.132. The first-order valence-corrected chi connectivity index (χ1v) is 12.8. The number of fused-ring (bicyclic) bond motifs is 1. The van der Waals surface area contributed by atoms with E-state index in [1.807, 2.05) is 68.4 Å². The molecule has 35 heavy (non-hydrogen) atoms. The fraction of sp³-hybridized carbons (Fsp3) is 0.148. The molecule has 1 atom stereocenters. The number of halogens is 1. The molecule has 0 saturated carbocycles. The van der Waals surface area contributed by atoms with Crippen molar-refractivity contribution in [3.05, 3.63) is 92.1 Å². The van der Waals surface area contributed by atoms with E-state index in [1.54, 1.807) is 13.2 Å². The molecule has 1 fully saturated rings. The number of nitrogens with zero attached hydrogens (tertiary/aromatic N) is 2. The van der Waals surface area contributed by atoms with Gasteiger partial charge in [0.15, 0.2) is 5.13 Å². The van der Waals surface area contributed by atoms with Gasteiger partial charge < -0.3 is 9.84 Å². The van der Waals surface area contributed by atoms with Crippen LogP contribution in [0.5, 0.6) is 5.75 Å². The number of Topliss-reactive ketones (excluding diaryl/α,β-unsaturated/α-hetero) is 1. The smallest absolute Gasteiger partial charge is 0.301 e. The first kappa shape index (κ1) is 23.5. The fourth-order valence-electron chi connectivity index (χ4n) is 4.25. The van der Waals surface area contributed by atoms with Crippen molar-refractivity contribution >= 4 is 66.7 Å². The zero-order valence-corrected chi connectivity index (χ0v) is 22.2. The Morgan fingerprint density at radius 2 is 1.80 bits per heavy atom. The number of hydrogen-bond donors (Lipinski definition) is 1. The molecular weight excluding hydrogens is 575 g/mol. The van der Waals surface area contributed by atoms with E-state index < -0.39 is 17.7 Å². The number of rotatable bonds is 4. The minimum Gasteiger partial charge on any atom is -0.507 e. The van der Waals surface area contributed by atoms with Gasteiger partial charge in [0.2, 0.25) is 0 Å². The molecule has 176 valence electrons. The maximum absolute atomic E-state index is 13.4. The van der Waals surface area contributed by atoms with Crippen molar-refractivity contribution in [3.63, 3.8) is 0 Å². The summed E-state index contributed by atoms with van der Waals surface area (Å²) in [5, 5.41) is 11.8. The first-order valence-electron chi connectivity index (χ1n) is 10.9. The van der Waals surface area contributed by atoms with Crippen molar-refractivity contribution in [2.24, 2.45) is 0 Å². The average Bonchev–Trinajstić information content (AvgIpc) is 3.38. The van der Waals surface area contributed by atoms with E-state index in [-0.39, 0.29) is 11.3 Å². The third-order valence-electron chi connectivity index (χ3n) is 6.07. The van der Waals surface area contributed by atoms with Crippen molar-refractivity contribution in [2.75, 3.05) is 12.0 Å². The lowest BCUT2D eigenvalue weighted by Gasteiger charge is -2.23. The highest BCUT2D eigenvalue weighted by Crippen LogP contribution is 2.45. The molecular formula is C27H21IN2O4S. The van der Waals surface area contributed by atoms with E-state index in [4.69, 9.17) is 4.74 Å². The molecule has 0 aliphatic carbocycles. The molecule has 8 heteroatoms. The van der Waals surface area contributed by atoms with Gasteiger partial charge in [-0.15, -0.1) is 0 Å². The maximum Gasteiger partial charge on any atom is 0.301 e. The highest BCUT2D eigenvalue weighted by Gasteiger charge is 2.48. The number of amides is 1. The van der Waals surface area contributed by atoms with Crippen molar-refractivity contribution in [2.45, 2.75) is 19.9 Å². The van der Waals surface area contributed by atoms with Crippen molar-refractivity contribution in [1.29, 1.82) is 0 Å². The van der Waals surface area contributed by atoms with E-state index in [2.05, 4.69) is 27.6 Å². The zero-order valence-electron chi connectivity index (χ0n) is 19.2. The van der Waals surface area contributed by atoms with Gasteiger partial charge in [0.1, 0.15) is 11.5 Å². The first-order chi connectivity index (χ1) is 16.8. The number of methoxy groups -OCH3 is 1. The standard InChI is InChI=1S/C27H21IN2O4S/c1-14-4-5-15(2)19(12-14)24(31)22-23(16-6-8-17(28)9-7-16)30(26(33)25(22)32)27-29-20-11-10-18(34-3)13-21(20)35-27/h4-13,23,31H,1-3H3. The van der Waals surface area contributed by atoms with Crippen LogP contribution < -0.4 is 9.64 Å². The van der Waals surface area contributed by atoms with Gasteiger partial charge in [0, 0.05) is 9.13 Å². The van der Waals surface area contributed by atoms with Crippen LogP contribution in [-0.4, -0.2) is 28.9 Å². The predicted octanol–water partition coefficient (Wildman–Crippen LogP) is 6.15. The number of benzene rings is 3. The van der Waals surface area contributed by atoms with Crippen LogP contribution in [0.3, 0.4) is 0 Å². The SMILES string of the molecule is COc1ccc2nc(N3C(=O)C(=O)C(=C(O)c4cc(C)ccc4C)C3c3ccc(I)cc3)sc2c1. The molecule has 1 aliphatic heterocycles. The van der Waals surface area contributed by atoms with Gasteiger partial charge in [0.25, 0.3) is 5.78 Å². The number of carbonyl (C=O) groups is 2. The Bertz CT molecular complexity index is 1520. The van der Waals surface area contributed by atoms with Gasteiger partial charge in [-0.2, -0.15) is 0 Å². The van der Waals surface area contributed by atoms with Crippen molar-refractivity contribution in [1.82, 2.24) is 4.98 Å². The number of hydrogen-bond acceptors (Lipinski definition) is 6. The Morgan fingerprint density at radius 1 is 1.06 bits per heavy atom. The molecule has 5 rings (SSSR count). The summed E-state index contributed by atoms with van der Waals surface area (Å²) in [6, 6.07) is 17.9. The number of ether oxygens (including phenoxy) is 1. The number of aromatic nitrogens is 1. The lowest BCUT2D eigenvalue weighted by molar-refractivity contribution is -0.132. The molecule has 1 unspecified atom stereocenters. The molecule has 0 radical (unpaired) electrons. The number of anilines is 1. The Labute approximate surface area is 220 Å². The third-order valence-corrected chi connectivity index (χ3v) is 7.81. The molecule has 1 aromatic heterocycles. The molecule has 0 spiro atoms. The van der Waals surface area contributed by atoms with Gasteiger partial charge in [0.05, 0.1) is 28.9 Å². The number of carbonyl (C=O) groups excluding carboxylic acids is 2. The number of aliphatic hydroxyl groups excluding tert-OH is 1. The Kier molecular flexibility index (Phi) is 6.10. The summed E-state index contributed by atoms with van der Waals surface area (Å²) in [4.78, 5) is 32.9. The number of thiazole rings is 1.